The summed E-state index contributed by atoms with van der Waals surface area (Å²) in [5, 5.41) is 12.5. The lowest BCUT2D eigenvalue weighted by Gasteiger charge is -2.41. The summed E-state index contributed by atoms with van der Waals surface area (Å²) in [6.07, 6.45) is 0.518. The number of carboxylic acid groups (broad SMARTS) is 1. The number of aromatic carboxylic acids is 1. The average molecular weight is 324 g/mol. The van der Waals surface area contributed by atoms with Crippen LogP contribution < -0.4 is 5.32 Å². The van der Waals surface area contributed by atoms with Crippen molar-refractivity contribution in [1.82, 2.24) is 4.90 Å². The van der Waals surface area contributed by atoms with E-state index in [1.165, 1.54) is 0 Å². The molecule has 24 heavy (non-hydrogen) atoms. The Morgan fingerprint density at radius 3 is 2.50 bits per heavy atom. The molecule has 0 aliphatic carbocycles. The number of amides is 1. The van der Waals surface area contributed by atoms with Gasteiger partial charge in [-0.3, -0.25) is 4.79 Å². The molecule has 5 nitrogen and oxygen atoms in total. The maximum Gasteiger partial charge on any atom is 0.335 e. The van der Waals surface area contributed by atoms with Crippen LogP contribution in [0.2, 0.25) is 0 Å². The first-order chi connectivity index (χ1) is 11.5. The molecule has 2 aromatic carbocycles. The average Bonchev–Trinajstić information content (AvgIpc) is 2.61. The number of carbonyl (C=O) groups is 2. The third kappa shape index (κ3) is 2.73. The van der Waals surface area contributed by atoms with E-state index in [9.17, 15) is 9.59 Å². The van der Waals surface area contributed by atoms with Gasteiger partial charge in [-0.1, -0.05) is 31.2 Å². The Morgan fingerprint density at radius 2 is 1.88 bits per heavy atom. The molecule has 5 heteroatoms. The number of nitrogens with zero attached hydrogens (tertiary/aromatic N) is 1. The van der Waals surface area contributed by atoms with Crippen LogP contribution in [0.1, 0.15) is 52.7 Å². The van der Waals surface area contributed by atoms with Gasteiger partial charge in [0.25, 0.3) is 5.91 Å². The minimum absolute atomic E-state index is 0.00832. The molecule has 0 saturated carbocycles. The van der Waals surface area contributed by atoms with Gasteiger partial charge in [-0.05, 0) is 43.2 Å². The standard InChI is InChI=1S/C19H20N2O3/c1-3-12(2)21-17(13-8-10-14(11-9-13)19(23)24)20-16-7-5-4-6-15(16)18(21)22/h4-12,17,20H,3H2,1-2H3,(H,23,24). The van der Waals surface area contributed by atoms with Crippen LogP contribution in [0.15, 0.2) is 48.5 Å². The molecule has 2 aromatic rings. The number of carbonyl (C=O) groups excluding carboxylic acids is 1. The molecular weight excluding hydrogens is 304 g/mol. The van der Waals surface area contributed by atoms with Crippen LogP contribution in [0.5, 0.6) is 0 Å². The third-order valence-corrected chi connectivity index (χ3v) is 4.50. The normalized spacial score (nSPS) is 17.8. The fraction of sp³-hybridized carbons (Fsp3) is 0.263. The molecular formula is C19H20N2O3. The first-order valence-corrected chi connectivity index (χ1v) is 8.04. The van der Waals surface area contributed by atoms with E-state index in [0.717, 1.165) is 17.7 Å². The molecule has 2 unspecified atom stereocenters. The minimum Gasteiger partial charge on any atom is -0.478 e. The lowest BCUT2D eigenvalue weighted by molar-refractivity contribution is 0.0592. The molecule has 2 atom stereocenters. The zero-order valence-electron chi connectivity index (χ0n) is 13.7. The smallest absolute Gasteiger partial charge is 0.335 e. The van der Waals surface area contributed by atoms with E-state index in [4.69, 9.17) is 5.11 Å². The van der Waals surface area contributed by atoms with Gasteiger partial charge in [-0.15, -0.1) is 0 Å². The number of benzene rings is 2. The van der Waals surface area contributed by atoms with Gasteiger partial charge >= 0.3 is 5.97 Å². The molecule has 3 rings (SSSR count). The largest absolute Gasteiger partial charge is 0.478 e. The van der Waals surface area contributed by atoms with Crippen LogP contribution in [0.3, 0.4) is 0 Å². The maximum absolute atomic E-state index is 13.0. The van der Waals surface area contributed by atoms with Crippen molar-refractivity contribution in [3.63, 3.8) is 0 Å². The van der Waals surface area contributed by atoms with Gasteiger partial charge in [0.05, 0.1) is 11.1 Å². The molecule has 0 aromatic heterocycles. The summed E-state index contributed by atoms with van der Waals surface area (Å²) in [5.74, 6) is -0.968. The molecule has 2 N–H and O–H groups in total. The molecule has 0 spiro atoms. The van der Waals surface area contributed by atoms with E-state index >= 15 is 0 Å². The highest BCUT2D eigenvalue weighted by Gasteiger charge is 2.35. The fourth-order valence-corrected chi connectivity index (χ4v) is 2.97. The molecule has 1 aliphatic rings. The summed E-state index contributed by atoms with van der Waals surface area (Å²) in [5.41, 5.74) is 2.56. The number of anilines is 1. The second-order valence-corrected chi connectivity index (χ2v) is 5.99. The Bertz CT molecular complexity index is 770. The molecule has 1 heterocycles. The Labute approximate surface area is 140 Å². The Kier molecular flexibility index (Phi) is 4.25. The van der Waals surface area contributed by atoms with Crippen LogP contribution in [0, 0.1) is 0 Å². The lowest BCUT2D eigenvalue weighted by Crippen LogP contribution is -2.47. The van der Waals surface area contributed by atoms with Crippen molar-refractivity contribution < 1.29 is 14.7 Å². The Balaban J connectivity index is 2.03. The Hall–Kier alpha value is -2.82. The number of rotatable bonds is 4. The van der Waals surface area contributed by atoms with E-state index in [1.807, 2.05) is 43.0 Å². The zero-order valence-corrected chi connectivity index (χ0v) is 13.7. The van der Waals surface area contributed by atoms with Crippen LogP contribution >= 0.6 is 0 Å². The third-order valence-electron chi connectivity index (χ3n) is 4.50. The summed E-state index contributed by atoms with van der Waals surface area (Å²) < 4.78 is 0. The van der Waals surface area contributed by atoms with Gasteiger partial charge in [0.2, 0.25) is 0 Å². The van der Waals surface area contributed by atoms with Gasteiger partial charge < -0.3 is 15.3 Å². The molecule has 1 aliphatic heterocycles. The number of hydrogen-bond acceptors (Lipinski definition) is 3. The van der Waals surface area contributed by atoms with Gasteiger partial charge in [0.15, 0.2) is 0 Å². The molecule has 0 saturated heterocycles. The minimum atomic E-state index is -0.960. The topological polar surface area (TPSA) is 69.6 Å². The molecule has 0 radical (unpaired) electrons. The predicted octanol–water partition coefficient (Wildman–Crippen LogP) is 3.75. The molecule has 0 fully saturated rings. The highest BCUT2D eigenvalue weighted by Crippen LogP contribution is 2.35. The second-order valence-electron chi connectivity index (χ2n) is 5.99. The number of para-hydroxylation sites is 1. The van der Waals surface area contributed by atoms with Crippen LogP contribution in [0.25, 0.3) is 0 Å². The van der Waals surface area contributed by atoms with Crippen molar-refractivity contribution >= 4 is 17.6 Å². The van der Waals surface area contributed by atoms with Gasteiger partial charge in [-0.2, -0.15) is 0 Å². The van der Waals surface area contributed by atoms with Crippen LogP contribution in [-0.4, -0.2) is 27.9 Å². The summed E-state index contributed by atoms with van der Waals surface area (Å²) in [7, 11) is 0. The first-order valence-electron chi connectivity index (χ1n) is 8.04. The second kappa shape index (κ2) is 6.35. The molecule has 124 valence electrons. The predicted molar refractivity (Wildman–Crippen MR) is 92.1 cm³/mol. The van der Waals surface area contributed by atoms with Crippen molar-refractivity contribution in [3.8, 4) is 0 Å². The maximum atomic E-state index is 13.0. The van der Waals surface area contributed by atoms with Crippen molar-refractivity contribution in [2.24, 2.45) is 0 Å². The zero-order chi connectivity index (χ0) is 17.3. The summed E-state index contributed by atoms with van der Waals surface area (Å²) in [6, 6.07) is 14.2. The van der Waals surface area contributed by atoms with E-state index in [1.54, 1.807) is 24.3 Å². The summed E-state index contributed by atoms with van der Waals surface area (Å²) in [4.78, 5) is 25.8. The Morgan fingerprint density at radius 1 is 1.21 bits per heavy atom. The van der Waals surface area contributed by atoms with Crippen molar-refractivity contribution in [3.05, 3.63) is 65.2 Å². The fourth-order valence-electron chi connectivity index (χ4n) is 2.97. The number of nitrogens with one attached hydrogen (secondary N) is 1. The van der Waals surface area contributed by atoms with E-state index in [0.29, 0.717) is 5.56 Å². The lowest BCUT2D eigenvalue weighted by atomic mass is 10.00. The molecule has 0 bridgehead atoms. The number of hydrogen-bond donors (Lipinski definition) is 2. The van der Waals surface area contributed by atoms with E-state index in [2.05, 4.69) is 5.32 Å². The van der Waals surface area contributed by atoms with Crippen LogP contribution in [-0.2, 0) is 0 Å². The van der Waals surface area contributed by atoms with Gasteiger partial charge in [0.1, 0.15) is 6.17 Å². The van der Waals surface area contributed by atoms with E-state index in [-0.39, 0.29) is 23.7 Å². The van der Waals surface area contributed by atoms with Gasteiger partial charge in [0, 0.05) is 11.7 Å². The monoisotopic (exact) mass is 324 g/mol. The number of fused-ring (bicyclic) bond motifs is 1. The number of carboxylic acids is 1. The summed E-state index contributed by atoms with van der Waals surface area (Å²) >= 11 is 0. The SMILES string of the molecule is CCC(C)N1C(=O)c2ccccc2NC1c1ccc(C(=O)O)cc1. The summed E-state index contributed by atoms with van der Waals surface area (Å²) in [6.45, 7) is 4.06. The first kappa shape index (κ1) is 16.1. The molecule has 1 amide bonds. The van der Waals surface area contributed by atoms with E-state index < -0.39 is 5.97 Å². The van der Waals surface area contributed by atoms with Crippen LogP contribution in [0.4, 0.5) is 5.69 Å². The van der Waals surface area contributed by atoms with Gasteiger partial charge in [-0.25, -0.2) is 4.79 Å². The highest BCUT2D eigenvalue weighted by molar-refractivity contribution is 6.02. The van der Waals surface area contributed by atoms with Crippen molar-refractivity contribution in [2.45, 2.75) is 32.5 Å². The quantitative estimate of drug-likeness (QED) is 0.898. The van der Waals surface area contributed by atoms with Crippen molar-refractivity contribution in [1.29, 1.82) is 0 Å². The highest BCUT2D eigenvalue weighted by atomic mass is 16.4. The van der Waals surface area contributed by atoms with Crippen molar-refractivity contribution in [2.75, 3.05) is 5.32 Å².